The van der Waals surface area contributed by atoms with E-state index in [0.717, 1.165) is 37.0 Å². The van der Waals surface area contributed by atoms with Gasteiger partial charge in [0.25, 0.3) is 5.91 Å². The van der Waals surface area contributed by atoms with Crippen LogP contribution >= 0.6 is 0 Å². The highest BCUT2D eigenvalue weighted by molar-refractivity contribution is 5.80. The molecule has 0 spiro atoms. The molecule has 1 saturated heterocycles. The summed E-state index contributed by atoms with van der Waals surface area (Å²) < 4.78 is 5.38. The number of benzene rings is 1. The lowest BCUT2D eigenvalue weighted by atomic mass is 9.92. The molecule has 0 atom stereocenters. The van der Waals surface area contributed by atoms with Crippen molar-refractivity contribution in [1.82, 2.24) is 15.5 Å². The predicted octanol–water partition coefficient (Wildman–Crippen LogP) is 2.40. The van der Waals surface area contributed by atoms with E-state index in [9.17, 15) is 4.79 Å². The van der Waals surface area contributed by atoms with Gasteiger partial charge in [0.15, 0.2) is 12.6 Å². The molecule has 1 amide bonds. The Morgan fingerprint density at radius 3 is 2.67 bits per heavy atom. The minimum absolute atomic E-state index is 0.115. The number of piperidine rings is 1. The molecule has 0 radical (unpaired) electrons. The number of carbonyl (C=O) groups excluding carboxylic acids is 1. The van der Waals surface area contributed by atoms with E-state index in [0.29, 0.717) is 18.3 Å². The van der Waals surface area contributed by atoms with E-state index in [-0.39, 0.29) is 6.61 Å². The van der Waals surface area contributed by atoms with E-state index in [1.807, 2.05) is 24.3 Å². The Kier molecular flexibility index (Phi) is 8.81. The third-order valence-corrected chi connectivity index (χ3v) is 6.00. The molecular weight excluding hydrogens is 378 g/mol. The molecule has 3 rings (SSSR count). The third-order valence-electron chi connectivity index (χ3n) is 6.00. The summed E-state index contributed by atoms with van der Waals surface area (Å²) in [6, 6.07) is 8.91. The second-order valence-corrected chi connectivity index (χ2v) is 8.34. The maximum atomic E-state index is 10.9. The van der Waals surface area contributed by atoms with Gasteiger partial charge in [0.1, 0.15) is 5.75 Å². The quantitative estimate of drug-likeness (QED) is 0.448. The Balaban J connectivity index is 1.50. The monoisotopic (exact) mass is 415 g/mol. The molecule has 2 fully saturated rings. The Bertz CT molecular complexity index is 695. The van der Waals surface area contributed by atoms with Gasteiger partial charge in [-0.3, -0.25) is 4.79 Å². The molecule has 1 heterocycles. The highest BCUT2D eigenvalue weighted by Crippen LogP contribution is 2.25. The molecule has 1 aliphatic carbocycles. The van der Waals surface area contributed by atoms with E-state index in [1.54, 1.807) is 0 Å². The molecule has 0 unspecified atom stereocenters. The first kappa shape index (κ1) is 22.4. The number of aliphatic imine (C=N–C) groups is 1. The second kappa shape index (κ2) is 11.8. The lowest BCUT2D eigenvalue weighted by Gasteiger charge is -2.39. The first-order chi connectivity index (χ1) is 14.6. The lowest BCUT2D eigenvalue weighted by molar-refractivity contribution is -0.119. The van der Waals surface area contributed by atoms with E-state index >= 15 is 0 Å². The zero-order valence-corrected chi connectivity index (χ0v) is 18.2. The van der Waals surface area contributed by atoms with Crippen LogP contribution in [0.4, 0.5) is 0 Å². The highest BCUT2D eigenvalue weighted by atomic mass is 16.5. The summed E-state index contributed by atoms with van der Waals surface area (Å²) in [4.78, 5) is 18.4. The lowest BCUT2D eigenvalue weighted by Crippen LogP contribution is -2.50. The number of hydrogen-bond acceptors (Lipinski definition) is 4. The van der Waals surface area contributed by atoms with Crippen molar-refractivity contribution in [3.63, 3.8) is 0 Å². The van der Waals surface area contributed by atoms with Crippen molar-refractivity contribution in [2.45, 2.75) is 70.5 Å². The molecule has 7 heteroatoms. The SMILES string of the molecule is CCNC(=NCc1cccc(OCC(N)=O)c1)NC1CCN(C2CCCCC2)CC1. The van der Waals surface area contributed by atoms with Gasteiger partial charge in [-0.2, -0.15) is 0 Å². The maximum Gasteiger partial charge on any atom is 0.255 e. The molecule has 1 aliphatic heterocycles. The zero-order valence-electron chi connectivity index (χ0n) is 18.2. The van der Waals surface area contributed by atoms with Crippen LogP contribution in [0.1, 0.15) is 57.4 Å². The maximum absolute atomic E-state index is 10.9. The molecular formula is C23H37N5O2. The van der Waals surface area contributed by atoms with Crippen LogP contribution in [0.25, 0.3) is 0 Å². The number of carbonyl (C=O) groups is 1. The summed E-state index contributed by atoms with van der Waals surface area (Å²) in [5.74, 6) is 1.01. The van der Waals surface area contributed by atoms with Gasteiger partial charge in [0.05, 0.1) is 6.54 Å². The van der Waals surface area contributed by atoms with Gasteiger partial charge in [0, 0.05) is 31.7 Å². The highest BCUT2D eigenvalue weighted by Gasteiger charge is 2.26. The summed E-state index contributed by atoms with van der Waals surface area (Å²) in [5.41, 5.74) is 6.17. The number of nitrogens with one attached hydrogen (secondary N) is 2. The summed E-state index contributed by atoms with van der Waals surface area (Å²) in [5, 5.41) is 6.99. The molecule has 4 N–H and O–H groups in total. The fourth-order valence-corrected chi connectivity index (χ4v) is 4.43. The Morgan fingerprint density at radius 2 is 1.97 bits per heavy atom. The first-order valence-electron chi connectivity index (χ1n) is 11.4. The van der Waals surface area contributed by atoms with Gasteiger partial charge in [-0.15, -0.1) is 0 Å². The van der Waals surface area contributed by atoms with E-state index < -0.39 is 5.91 Å². The number of hydrogen-bond donors (Lipinski definition) is 3. The van der Waals surface area contributed by atoms with E-state index in [4.69, 9.17) is 15.5 Å². The van der Waals surface area contributed by atoms with Crippen LogP contribution in [0.2, 0.25) is 0 Å². The van der Waals surface area contributed by atoms with Gasteiger partial charge in [-0.25, -0.2) is 4.99 Å². The van der Waals surface area contributed by atoms with Crippen LogP contribution in [-0.2, 0) is 11.3 Å². The Hall–Kier alpha value is -2.28. The number of nitrogens with zero attached hydrogens (tertiary/aromatic N) is 2. The Morgan fingerprint density at radius 1 is 1.20 bits per heavy atom. The molecule has 0 aromatic heterocycles. The molecule has 1 saturated carbocycles. The smallest absolute Gasteiger partial charge is 0.255 e. The summed E-state index contributed by atoms with van der Waals surface area (Å²) in [7, 11) is 0. The minimum atomic E-state index is -0.480. The topological polar surface area (TPSA) is 92.0 Å². The van der Waals surface area contributed by atoms with E-state index in [2.05, 4.69) is 22.5 Å². The average Bonchev–Trinajstić information content (AvgIpc) is 2.78. The first-order valence-corrected chi connectivity index (χ1v) is 11.4. The molecule has 30 heavy (non-hydrogen) atoms. The largest absolute Gasteiger partial charge is 0.484 e. The summed E-state index contributed by atoms with van der Waals surface area (Å²) in [6.45, 7) is 5.71. The van der Waals surface area contributed by atoms with Crippen molar-refractivity contribution in [2.75, 3.05) is 26.2 Å². The number of primary amides is 1. The van der Waals surface area contributed by atoms with Crippen LogP contribution in [-0.4, -0.2) is 55.1 Å². The van der Waals surface area contributed by atoms with Crippen molar-refractivity contribution < 1.29 is 9.53 Å². The van der Waals surface area contributed by atoms with Crippen molar-refractivity contribution in [3.05, 3.63) is 29.8 Å². The molecule has 0 bridgehead atoms. The second-order valence-electron chi connectivity index (χ2n) is 8.34. The van der Waals surface area contributed by atoms with Crippen LogP contribution in [0.5, 0.6) is 5.75 Å². The third kappa shape index (κ3) is 7.20. The number of amides is 1. The van der Waals surface area contributed by atoms with Gasteiger partial charge in [0.2, 0.25) is 0 Å². The standard InChI is InChI=1S/C23H37N5O2/c1-2-25-23(26-16-18-7-6-10-21(15-18)30-17-22(24)29)27-19-11-13-28(14-12-19)20-8-4-3-5-9-20/h6-7,10,15,19-20H,2-5,8-9,11-14,16-17H2,1H3,(H2,24,29)(H2,25,26,27). The number of ether oxygens (including phenoxy) is 1. The molecule has 1 aromatic carbocycles. The van der Waals surface area contributed by atoms with Crippen LogP contribution in [0.3, 0.4) is 0 Å². The summed E-state index contributed by atoms with van der Waals surface area (Å²) in [6.07, 6.45) is 9.30. The molecule has 166 valence electrons. The van der Waals surface area contributed by atoms with Crippen molar-refractivity contribution in [2.24, 2.45) is 10.7 Å². The van der Waals surface area contributed by atoms with Crippen LogP contribution in [0.15, 0.2) is 29.3 Å². The van der Waals surface area contributed by atoms with Crippen LogP contribution < -0.4 is 21.1 Å². The van der Waals surface area contributed by atoms with Crippen molar-refractivity contribution in [3.8, 4) is 5.75 Å². The number of likely N-dealkylation sites (tertiary alicyclic amines) is 1. The normalized spacial score (nSPS) is 19.4. The van der Waals surface area contributed by atoms with Gasteiger partial charge in [-0.1, -0.05) is 31.4 Å². The fourth-order valence-electron chi connectivity index (χ4n) is 4.43. The molecule has 7 nitrogen and oxygen atoms in total. The summed E-state index contributed by atoms with van der Waals surface area (Å²) >= 11 is 0. The van der Waals surface area contributed by atoms with Gasteiger partial charge < -0.3 is 26.0 Å². The Labute approximate surface area is 180 Å². The van der Waals surface area contributed by atoms with Gasteiger partial charge in [-0.05, 0) is 50.3 Å². The van der Waals surface area contributed by atoms with Crippen molar-refractivity contribution in [1.29, 1.82) is 0 Å². The number of rotatable bonds is 8. The molecule has 2 aliphatic rings. The van der Waals surface area contributed by atoms with Gasteiger partial charge >= 0.3 is 0 Å². The minimum Gasteiger partial charge on any atom is -0.484 e. The van der Waals surface area contributed by atoms with Crippen molar-refractivity contribution >= 4 is 11.9 Å². The zero-order chi connectivity index (χ0) is 21.2. The number of nitrogens with two attached hydrogens (primary N) is 1. The molecule has 1 aromatic rings. The van der Waals surface area contributed by atoms with Crippen LogP contribution in [0, 0.1) is 0 Å². The number of guanidine groups is 1. The predicted molar refractivity (Wildman–Crippen MR) is 121 cm³/mol. The fraction of sp³-hybridized carbons (Fsp3) is 0.652. The average molecular weight is 416 g/mol. The van der Waals surface area contributed by atoms with E-state index in [1.165, 1.54) is 45.2 Å².